The highest BCUT2D eigenvalue weighted by molar-refractivity contribution is 7.10. The van der Waals surface area contributed by atoms with E-state index in [4.69, 9.17) is 11.6 Å². The van der Waals surface area contributed by atoms with Crippen LogP contribution in [0.3, 0.4) is 0 Å². The van der Waals surface area contributed by atoms with Gasteiger partial charge in [0.15, 0.2) is 0 Å². The van der Waals surface area contributed by atoms with Crippen molar-refractivity contribution in [2.45, 2.75) is 18.7 Å². The summed E-state index contributed by atoms with van der Waals surface area (Å²) in [4.78, 5) is 1.31. The van der Waals surface area contributed by atoms with E-state index in [0.717, 1.165) is 0 Å². The van der Waals surface area contributed by atoms with E-state index < -0.39 is 0 Å². The number of alkyl halides is 1. The van der Waals surface area contributed by atoms with Gasteiger partial charge in [-0.3, -0.25) is 0 Å². The molecule has 1 fully saturated rings. The maximum atomic E-state index is 6.42. The van der Waals surface area contributed by atoms with Crippen LogP contribution in [0.25, 0.3) is 0 Å². The molecule has 0 saturated heterocycles. The third kappa shape index (κ3) is 0.875. The van der Waals surface area contributed by atoms with Gasteiger partial charge in [0.05, 0.1) is 4.87 Å². The molecule has 0 spiro atoms. The molecule has 0 bridgehead atoms. The monoisotopic (exact) mass is 186 g/mol. The third-order valence-corrected chi connectivity index (χ3v) is 4.89. The van der Waals surface area contributed by atoms with Gasteiger partial charge in [-0.25, -0.2) is 0 Å². The Hall–Kier alpha value is -0.0100. The predicted molar refractivity (Wildman–Crippen MR) is 50.2 cm³/mol. The summed E-state index contributed by atoms with van der Waals surface area (Å²) >= 11 is 8.19. The number of rotatable bonds is 1. The minimum absolute atomic E-state index is 0.0197. The summed E-state index contributed by atoms with van der Waals surface area (Å²) in [5.74, 6) is 1.28. The summed E-state index contributed by atoms with van der Waals surface area (Å²) < 4.78 is 0. The third-order valence-electron chi connectivity index (χ3n) is 2.87. The molecule has 11 heavy (non-hydrogen) atoms. The maximum Gasteiger partial charge on any atom is 0.0844 e. The van der Waals surface area contributed by atoms with Crippen molar-refractivity contribution in [1.82, 2.24) is 0 Å². The largest absolute Gasteiger partial charge is 0.147 e. The van der Waals surface area contributed by atoms with Crippen LogP contribution < -0.4 is 0 Å². The summed E-state index contributed by atoms with van der Waals surface area (Å²) in [5.41, 5.74) is 0. The Morgan fingerprint density at radius 2 is 2.09 bits per heavy atom. The van der Waals surface area contributed by atoms with Crippen molar-refractivity contribution in [2.24, 2.45) is 11.8 Å². The average Bonchev–Trinajstić information content (AvgIpc) is 2.52. The van der Waals surface area contributed by atoms with Gasteiger partial charge >= 0.3 is 0 Å². The van der Waals surface area contributed by atoms with Gasteiger partial charge in [-0.05, 0) is 23.3 Å². The number of hydrogen-bond acceptors (Lipinski definition) is 1. The molecule has 0 N–H and O–H groups in total. The van der Waals surface area contributed by atoms with Gasteiger partial charge in [-0.15, -0.1) is 22.9 Å². The predicted octanol–water partition coefficient (Wildman–Crippen LogP) is 3.47. The lowest BCUT2D eigenvalue weighted by Crippen LogP contribution is -1.96. The SMILES string of the molecule is C[C@H]1[C@H](C)C1(Cl)c1cccs1. The van der Waals surface area contributed by atoms with Crippen molar-refractivity contribution in [3.8, 4) is 0 Å². The Kier molecular flexibility index (Phi) is 1.55. The van der Waals surface area contributed by atoms with E-state index in [-0.39, 0.29) is 4.87 Å². The molecule has 1 aliphatic rings. The van der Waals surface area contributed by atoms with Crippen LogP contribution in [0.15, 0.2) is 17.5 Å². The Bertz CT molecular complexity index is 245. The molecule has 2 atom stereocenters. The van der Waals surface area contributed by atoms with Crippen molar-refractivity contribution in [1.29, 1.82) is 0 Å². The molecule has 1 heterocycles. The number of halogens is 1. The van der Waals surface area contributed by atoms with Gasteiger partial charge < -0.3 is 0 Å². The highest BCUT2D eigenvalue weighted by Gasteiger charge is 2.59. The molecule has 1 saturated carbocycles. The molecule has 0 aromatic carbocycles. The van der Waals surface area contributed by atoms with Crippen LogP contribution in [0.5, 0.6) is 0 Å². The van der Waals surface area contributed by atoms with E-state index in [1.807, 2.05) is 0 Å². The van der Waals surface area contributed by atoms with Crippen LogP contribution in [0.2, 0.25) is 0 Å². The summed E-state index contributed by atoms with van der Waals surface area (Å²) in [5, 5.41) is 2.09. The zero-order valence-electron chi connectivity index (χ0n) is 6.67. The van der Waals surface area contributed by atoms with Crippen molar-refractivity contribution < 1.29 is 0 Å². The minimum atomic E-state index is -0.0197. The zero-order chi connectivity index (χ0) is 8.06. The van der Waals surface area contributed by atoms with Gasteiger partial charge in [-0.2, -0.15) is 0 Å². The second-order valence-electron chi connectivity index (χ2n) is 3.32. The molecule has 0 nitrogen and oxygen atoms in total. The van der Waals surface area contributed by atoms with Crippen LogP contribution in [0.1, 0.15) is 18.7 Å². The summed E-state index contributed by atoms with van der Waals surface area (Å²) in [6, 6.07) is 4.21. The Morgan fingerprint density at radius 1 is 1.45 bits per heavy atom. The summed E-state index contributed by atoms with van der Waals surface area (Å²) in [7, 11) is 0. The maximum absolute atomic E-state index is 6.42. The van der Waals surface area contributed by atoms with Crippen LogP contribution in [-0.2, 0) is 4.87 Å². The van der Waals surface area contributed by atoms with Gasteiger partial charge in [-0.1, -0.05) is 19.9 Å². The van der Waals surface area contributed by atoms with E-state index in [2.05, 4.69) is 31.4 Å². The Morgan fingerprint density at radius 3 is 2.45 bits per heavy atom. The molecule has 0 amide bonds. The molecule has 60 valence electrons. The fourth-order valence-electron chi connectivity index (χ4n) is 1.67. The molecule has 0 radical (unpaired) electrons. The standard InChI is InChI=1S/C9H11ClS/c1-6-7(2)9(6,10)8-4-3-5-11-8/h3-7H,1-2H3/t6-,7-/m0/s1. The van der Waals surface area contributed by atoms with Crippen molar-refractivity contribution >= 4 is 22.9 Å². The first kappa shape index (κ1) is 7.63. The second-order valence-corrected chi connectivity index (χ2v) is 4.90. The molecular formula is C9H11ClS. The lowest BCUT2D eigenvalue weighted by atomic mass is 10.2. The van der Waals surface area contributed by atoms with Crippen molar-refractivity contribution in [3.63, 3.8) is 0 Å². The molecule has 1 aromatic heterocycles. The highest BCUT2D eigenvalue weighted by Crippen LogP contribution is 2.63. The quantitative estimate of drug-likeness (QED) is 0.590. The molecule has 2 heteroatoms. The Labute approximate surface area is 76.2 Å². The topological polar surface area (TPSA) is 0 Å². The lowest BCUT2D eigenvalue weighted by molar-refractivity contribution is 0.834. The van der Waals surface area contributed by atoms with E-state index in [9.17, 15) is 0 Å². The average molecular weight is 187 g/mol. The van der Waals surface area contributed by atoms with Crippen LogP contribution >= 0.6 is 22.9 Å². The number of hydrogen-bond donors (Lipinski definition) is 0. The molecule has 2 rings (SSSR count). The fourth-order valence-corrected chi connectivity index (χ4v) is 3.20. The first-order valence-electron chi connectivity index (χ1n) is 3.90. The molecule has 1 aliphatic carbocycles. The smallest absolute Gasteiger partial charge is 0.0844 e. The van der Waals surface area contributed by atoms with Gasteiger partial charge in [0.1, 0.15) is 0 Å². The van der Waals surface area contributed by atoms with Crippen LogP contribution in [-0.4, -0.2) is 0 Å². The Balaban J connectivity index is 2.32. The van der Waals surface area contributed by atoms with E-state index >= 15 is 0 Å². The van der Waals surface area contributed by atoms with Gasteiger partial charge in [0.2, 0.25) is 0 Å². The molecular weight excluding hydrogens is 176 g/mol. The summed E-state index contributed by atoms with van der Waals surface area (Å²) in [6.07, 6.45) is 0. The normalized spacial score (nSPS) is 42.5. The first-order chi connectivity index (χ1) is 5.17. The van der Waals surface area contributed by atoms with E-state index in [1.54, 1.807) is 11.3 Å². The van der Waals surface area contributed by atoms with E-state index in [0.29, 0.717) is 11.8 Å². The second kappa shape index (κ2) is 2.24. The lowest BCUT2D eigenvalue weighted by Gasteiger charge is -2.03. The zero-order valence-corrected chi connectivity index (χ0v) is 8.25. The molecule has 1 aromatic rings. The first-order valence-corrected chi connectivity index (χ1v) is 5.16. The molecule has 0 unspecified atom stereocenters. The van der Waals surface area contributed by atoms with Crippen LogP contribution in [0.4, 0.5) is 0 Å². The highest BCUT2D eigenvalue weighted by atomic mass is 35.5. The molecule has 0 aliphatic heterocycles. The number of thiophene rings is 1. The fraction of sp³-hybridized carbons (Fsp3) is 0.556. The van der Waals surface area contributed by atoms with Crippen molar-refractivity contribution in [3.05, 3.63) is 22.4 Å². The van der Waals surface area contributed by atoms with Crippen LogP contribution in [0, 0.1) is 11.8 Å². The van der Waals surface area contributed by atoms with E-state index in [1.165, 1.54) is 4.88 Å². The van der Waals surface area contributed by atoms with Gasteiger partial charge in [0.25, 0.3) is 0 Å². The minimum Gasteiger partial charge on any atom is -0.147 e. The van der Waals surface area contributed by atoms with Gasteiger partial charge in [0, 0.05) is 4.88 Å². The summed E-state index contributed by atoms with van der Waals surface area (Å²) in [6.45, 7) is 4.44. The van der Waals surface area contributed by atoms with Crippen molar-refractivity contribution in [2.75, 3.05) is 0 Å².